The van der Waals surface area contributed by atoms with Crippen molar-refractivity contribution in [3.63, 3.8) is 0 Å². The molecule has 0 aromatic rings. The summed E-state index contributed by atoms with van der Waals surface area (Å²) in [5.74, 6) is -0.587. The van der Waals surface area contributed by atoms with Crippen LogP contribution in [0.15, 0.2) is 0 Å². The van der Waals surface area contributed by atoms with Crippen LogP contribution in [0.2, 0.25) is 0 Å². The summed E-state index contributed by atoms with van der Waals surface area (Å²) in [7, 11) is 0. The Bertz CT molecular complexity index is 590. The van der Waals surface area contributed by atoms with Crippen LogP contribution in [0, 0.1) is 0 Å². The fraction of sp³-hybridized carbons (Fsp3) is 0.864. The van der Waals surface area contributed by atoms with Crippen molar-refractivity contribution in [2.24, 2.45) is 0 Å². The van der Waals surface area contributed by atoms with E-state index < -0.39 is 35.8 Å². The summed E-state index contributed by atoms with van der Waals surface area (Å²) in [6, 6.07) is -1.83. The summed E-state index contributed by atoms with van der Waals surface area (Å²) in [6.45, 7) is 6.59. The Morgan fingerprint density at radius 2 is 1.50 bits per heavy atom. The lowest BCUT2D eigenvalue weighted by Gasteiger charge is -2.37. The van der Waals surface area contributed by atoms with Crippen molar-refractivity contribution >= 4 is 18.0 Å². The molecule has 0 aromatic heterocycles. The lowest BCUT2D eigenvalue weighted by molar-refractivity contribution is -0.135. The number of amides is 4. The highest BCUT2D eigenvalue weighted by Crippen LogP contribution is 2.25. The number of rotatable bonds is 5. The Morgan fingerprint density at radius 1 is 0.967 bits per heavy atom. The molecule has 2 atom stereocenters. The molecule has 8 nitrogen and oxygen atoms in total. The van der Waals surface area contributed by atoms with E-state index in [-0.39, 0.29) is 12.1 Å². The van der Waals surface area contributed by atoms with E-state index in [1.165, 1.54) is 18.2 Å². The Balaban J connectivity index is 2.17. The van der Waals surface area contributed by atoms with Crippen LogP contribution in [0.4, 0.5) is 9.59 Å². The van der Waals surface area contributed by atoms with Gasteiger partial charge in [0.1, 0.15) is 11.6 Å². The molecule has 2 fully saturated rings. The van der Waals surface area contributed by atoms with Crippen molar-refractivity contribution in [2.45, 2.75) is 122 Å². The molecule has 0 saturated heterocycles. The maximum absolute atomic E-state index is 13.4. The van der Waals surface area contributed by atoms with E-state index in [0.29, 0.717) is 0 Å². The number of aliphatic hydroxyl groups excluding tert-OH is 1. The highest BCUT2D eigenvalue weighted by Gasteiger charge is 2.39. The molecule has 8 heteroatoms. The van der Waals surface area contributed by atoms with Gasteiger partial charge in [-0.15, -0.1) is 0 Å². The van der Waals surface area contributed by atoms with Gasteiger partial charge in [-0.3, -0.25) is 9.69 Å². The quantitative estimate of drug-likeness (QED) is 0.625. The van der Waals surface area contributed by atoms with Crippen molar-refractivity contribution in [3.05, 3.63) is 0 Å². The van der Waals surface area contributed by atoms with E-state index in [4.69, 9.17) is 4.74 Å². The molecule has 2 rings (SSSR count). The molecule has 0 spiro atoms. The molecule has 4 amide bonds. The van der Waals surface area contributed by atoms with E-state index in [1.54, 1.807) is 20.8 Å². The van der Waals surface area contributed by atoms with Crippen LogP contribution in [0.25, 0.3) is 0 Å². The Hall–Kier alpha value is -1.83. The third-order valence-corrected chi connectivity index (χ3v) is 5.75. The average molecular weight is 426 g/mol. The lowest BCUT2D eigenvalue weighted by atomic mass is 9.93. The van der Waals surface area contributed by atoms with Gasteiger partial charge in [0, 0.05) is 12.1 Å². The highest BCUT2D eigenvalue weighted by molar-refractivity contribution is 5.99. The second-order valence-electron chi connectivity index (χ2n) is 9.65. The summed E-state index contributed by atoms with van der Waals surface area (Å²) in [6.07, 6.45) is 7.62. The number of urea groups is 1. The van der Waals surface area contributed by atoms with Crippen LogP contribution < -0.4 is 10.6 Å². The number of carbonyl (C=O) groups excluding carboxylic acids is 3. The van der Waals surface area contributed by atoms with E-state index in [9.17, 15) is 19.5 Å². The highest BCUT2D eigenvalue weighted by atomic mass is 16.6. The molecule has 0 heterocycles. The van der Waals surface area contributed by atoms with Crippen molar-refractivity contribution in [1.29, 1.82) is 0 Å². The molecule has 2 unspecified atom stereocenters. The first-order valence-corrected chi connectivity index (χ1v) is 11.4. The normalized spacial score (nSPS) is 20.7. The first-order chi connectivity index (χ1) is 14.1. The molecule has 0 bridgehead atoms. The molecular weight excluding hydrogens is 386 g/mol. The number of nitrogens with one attached hydrogen (secondary N) is 2. The molecule has 2 aliphatic rings. The lowest BCUT2D eigenvalue weighted by Crippen LogP contribution is -2.61. The van der Waals surface area contributed by atoms with Crippen LogP contribution in [0.1, 0.15) is 91.9 Å². The second kappa shape index (κ2) is 11.0. The summed E-state index contributed by atoms with van der Waals surface area (Å²) in [4.78, 5) is 40.1. The molecule has 0 aromatic carbocycles. The summed E-state index contributed by atoms with van der Waals surface area (Å²) in [5.41, 5.74) is -0.738. The maximum Gasteiger partial charge on any atom is 0.408 e. The average Bonchev–Trinajstić information content (AvgIpc) is 2.66. The standard InChI is InChI=1S/C22H39N3O5/c1-15(26)18(24-21(29)30-22(2,3)4)19(27)25(17-13-9-6-10-14-17)20(28)23-16-11-7-5-8-12-16/h15-18,26H,5-14H2,1-4H3,(H,23,28)(H,24,29). The number of carbonyl (C=O) groups is 3. The monoisotopic (exact) mass is 425 g/mol. The summed E-state index contributed by atoms with van der Waals surface area (Å²) >= 11 is 0. The zero-order chi connectivity index (χ0) is 22.3. The van der Waals surface area contributed by atoms with Gasteiger partial charge in [0.25, 0.3) is 5.91 Å². The predicted molar refractivity (Wildman–Crippen MR) is 114 cm³/mol. The smallest absolute Gasteiger partial charge is 0.408 e. The fourth-order valence-electron chi connectivity index (χ4n) is 4.25. The van der Waals surface area contributed by atoms with Crippen LogP contribution in [-0.4, -0.2) is 57.9 Å². The molecule has 0 radical (unpaired) electrons. The van der Waals surface area contributed by atoms with Gasteiger partial charge in [0.15, 0.2) is 0 Å². The van der Waals surface area contributed by atoms with Crippen LogP contribution in [0.5, 0.6) is 0 Å². The molecule has 30 heavy (non-hydrogen) atoms. The van der Waals surface area contributed by atoms with E-state index in [0.717, 1.165) is 57.8 Å². The minimum atomic E-state index is -1.25. The second-order valence-corrected chi connectivity index (χ2v) is 9.65. The first kappa shape index (κ1) is 24.4. The van der Waals surface area contributed by atoms with Crippen LogP contribution in [-0.2, 0) is 9.53 Å². The third-order valence-electron chi connectivity index (χ3n) is 5.75. The topological polar surface area (TPSA) is 108 Å². The van der Waals surface area contributed by atoms with Crippen LogP contribution in [0.3, 0.4) is 0 Å². The molecule has 2 aliphatic carbocycles. The Kier molecular flexibility index (Phi) is 8.94. The number of ether oxygens (including phenoxy) is 1. The fourth-order valence-corrected chi connectivity index (χ4v) is 4.25. The number of hydrogen-bond donors (Lipinski definition) is 3. The van der Waals surface area contributed by atoms with Gasteiger partial charge < -0.3 is 20.5 Å². The number of alkyl carbamates (subject to hydrolysis) is 1. The zero-order valence-electron chi connectivity index (χ0n) is 18.9. The Morgan fingerprint density at radius 3 is 2.00 bits per heavy atom. The van der Waals surface area contributed by atoms with E-state index in [1.807, 2.05) is 0 Å². The van der Waals surface area contributed by atoms with Crippen molar-refractivity contribution < 1.29 is 24.2 Å². The number of imide groups is 1. The zero-order valence-corrected chi connectivity index (χ0v) is 18.9. The largest absolute Gasteiger partial charge is 0.444 e. The number of aliphatic hydroxyl groups is 1. The van der Waals surface area contributed by atoms with Crippen molar-refractivity contribution in [1.82, 2.24) is 15.5 Å². The SMILES string of the molecule is CC(O)C(NC(=O)OC(C)(C)C)C(=O)N(C(=O)NC1CCCCC1)C1CCCCC1. The first-order valence-electron chi connectivity index (χ1n) is 11.4. The number of hydrogen-bond acceptors (Lipinski definition) is 5. The van der Waals surface area contributed by atoms with Gasteiger partial charge in [0.2, 0.25) is 0 Å². The summed E-state index contributed by atoms with van der Waals surface area (Å²) in [5, 5.41) is 15.7. The molecule has 2 saturated carbocycles. The van der Waals surface area contributed by atoms with Gasteiger partial charge in [-0.2, -0.15) is 0 Å². The van der Waals surface area contributed by atoms with Gasteiger partial charge in [-0.05, 0) is 53.4 Å². The predicted octanol–water partition coefficient (Wildman–Crippen LogP) is 3.46. The van der Waals surface area contributed by atoms with Gasteiger partial charge in [-0.1, -0.05) is 38.5 Å². The summed E-state index contributed by atoms with van der Waals surface area (Å²) < 4.78 is 5.24. The van der Waals surface area contributed by atoms with Gasteiger partial charge >= 0.3 is 12.1 Å². The van der Waals surface area contributed by atoms with Crippen LogP contribution >= 0.6 is 0 Å². The molecule has 172 valence electrons. The molecule has 3 N–H and O–H groups in total. The minimum Gasteiger partial charge on any atom is -0.444 e. The van der Waals surface area contributed by atoms with Gasteiger partial charge in [-0.25, -0.2) is 9.59 Å². The minimum absolute atomic E-state index is 0.0638. The maximum atomic E-state index is 13.4. The molecular formula is C22H39N3O5. The molecule has 0 aliphatic heterocycles. The van der Waals surface area contributed by atoms with Crippen molar-refractivity contribution in [3.8, 4) is 0 Å². The Labute approximate surface area is 180 Å². The van der Waals surface area contributed by atoms with Gasteiger partial charge in [0.05, 0.1) is 6.10 Å². The number of nitrogens with zero attached hydrogens (tertiary/aromatic N) is 1. The van der Waals surface area contributed by atoms with E-state index >= 15 is 0 Å². The third kappa shape index (κ3) is 7.45. The van der Waals surface area contributed by atoms with Crippen molar-refractivity contribution in [2.75, 3.05) is 0 Å². The van der Waals surface area contributed by atoms with E-state index in [2.05, 4.69) is 10.6 Å².